The van der Waals surface area contributed by atoms with Crippen LogP contribution in [-0.4, -0.2) is 16.1 Å². The van der Waals surface area contributed by atoms with Crippen LogP contribution in [-0.2, 0) is 0 Å². The Balaban J connectivity index is 2.03. The first kappa shape index (κ1) is 12.2. The Hall–Kier alpha value is -1.83. The number of nitrogens with zero attached hydrogens (tertiary/aromatic N) is 3. The first-order valence-electron chi connectivity index (χ1n) is 6.25. The lowest BCUT2D eigenvalue weighted by molar-refractivity contribution is 0.615. The van der Waals surface area contributed by atoms with E-state index in [4.69, 9.17) is 16.9 Å². The smallest absolute Gasteiger partial charge is 0.0995 e. The van der Waals surface area contributed by atoms with Crippen molar-refractivity contribution in [3.8, 4) is 11.8 Å². The predicted molar refractivity (Wildman–Crippen MR) is 73.3 cm³/mol. The Morgan fingerprint density at radius 1 is 1.47 bits per heavy atom. The highest BCUT2D eigenvalue weighted by molar-refractivity contribution is 6.32. The average molecular weight is 273 g/mol. The van der Waals surface area contributed by atoms with Gasteiger partial charge in [-0.15, -0.1) is 0 Å². The van der Waals surface area contributed by atoms with Crippen LogP contribution in [0.4, 0.5) is 0 Å². The van der Waals surface area contributed by atoms with E-state index in [9.17, 15) is 0 Å². The number of hydrogen-bond acceptors (Lipinski definition) is 3. The first-order chi connectivity index (χ1) is 9.29. The molecule has 1 saturated heterocycles. The van der Waals surface area contributed by atoms with Gasteiger partial charge in [-0.25, -0.2) is 4.98 Å². The van der Waals surface area contributed by atoms with E-state index in [0.717, 1.165) is 24.3 Å². The second-order valence-corrected chi connectivity index (χ2v) is 5.02. The van der Waals surface area contributed by atoms with Crippen molar-refractivity contribution in [3.05, 3.63) is 47.0 Å². The van der Waals surface area contributed by atoms with E-state index in [0.29, 0.717) is 16.6 Å². The van der Waals surface area contributed by atoms with E-state index in [1.54, 1.807) is 18.5 Å². The summed E-state index contributed by atoms with van der Waals surface area (Å²) in [4.78, 5) is 4.23. The molecule has 2 heterocycles. The maximum absolute atomic E-state index is 8.87. The van der Waals surface area contributed by atoms with Crippen molar-refractivity contribution in [2.75, 3.05) is 6.54 Å². The molecule has 0 aliphatic carbocycles. The third-order valence-corrected chi connectivity index (χ3v) is 3.72. The van der Waals surface area contributed by atoms with Crippen molar-refractivity contribution in [1.29, 1.82) is 5.26 Å². The fourth-order valence-corrected chi connectivity index (χ4v) is 2.74. The van der Waals surface area contributed by atoms with Crippen LogP contribution < -0.4 is 5.32 Å². The minimum absolute atomic E-state index is 0.328. The zero-order valence-corrected chi connectivity index (χ0v) is 11.1. The number of nitrogens with one attached hydrogen (secondary N) is 1. The number of halogens is 1. The molecule has 4 nitrogen and oxygen atoms in total. The number of aromatic nitrogens is 2. The van der Waals surface area contributed by atoms with Gasteiger partial charge in [0.1, 0.15) is 0 Å². The maximum Gasteiger partial charge on any atom is 0.0995 e. The Bertz CT molecular complexity index is 635. The van der Waals surface area contributed by atoms with Gasteiger partial charge in [-0.2, -0.15) is 5.26 Å². The Morgan fingerprint density at radius 3 is 3.05 bits per heavy atom. The zero-order chi connectivity index (χ0) is 13.2. The number of benzene rings is 1. The van der Waals surface area contributed by atoms with Gasteiger partial charge < -0.3 is 9.88 Å². The van der Waals surface area contributed by atoms with Crippen LogP contribution in [0.5, 0.6) is 0 Å². The molecule has 1 fully saturated rings. The average Bonchev–Trinajstić information content (AvgIpc) is 3.08. The Morgan fingerprint density at radius 2 is 2.37 bits per heavy atom. The molecule has 1 atom stereocenters. The monoisotopic (exact) mass is 272 g/mol. The summed E-state index contributed by atoms with van der Waals surface area (Å²) < 4.78 is 1.99. The molecule has 1 aliphatic heterocycles. The molecule has 0 amide bonds. The van der Waals surface area contributed by atoms with Gasteiger partial charge in [0.2, 0.25) is 0 Å². The van der Waals surface area contributed by atoms with Gasteiger partial charge in [0.25, 0.3) is 0 Å². The van der Waals surface area contributed by atoms with Crippen molar-refractivity contribution < 1.29 is 0 Å². The summed E-state index contributed by atoms with van der Waals surface area (Å²) in [5.41, 5.74) is 2.54. The Kier molecular flexibility index (Phi) is 3.24. The molecule has 2 aromatic rings. The molecule has 1 aliphatic rings. The third-order valence-electron chi connectivity index (χ3n) is 3.42. The lowest BCUT2D eigenvalue weighted by atomic mass is 10.1. The SMILES string of the molecule is N#Cc1ccc(-n2cncc2[C@@H]2CCCN2)c(Cl)c1. The number of rotatable bonds is 2. The third kappa shape index (κ3) is 2.23. The summed E-state index contributed by atoms with van der Waals surface area (Å²) in [6.45, 7) is 1.04. The first-order valence-corrected chi connectivity index (χ1v) is 6.63. The molecule has 0 saturated carbocycles. The van der Waals surface area contributed by atoms with Crippen LogP contribution in [0.2, 0.25) is 5.02 Å². The van der Waals surface area contributed by atoms with Crippen LogP contribution in [0, 0.1) is 11.3 Å². The summed E-state index contributed by atoms with van der Waals surface area (Å²) in [6.07, 6.45) is 5.93. The second-order valence-electron chi connectivity index (χ2n) is 4.62. The molecule has 0 radical (unpaired) electrons. The topological polar surface area (TPSA) is 53.6 Å². The number of nitriles is 1. The van der Waals surface area contributed by atoms with Gasteiger partial charge in [-0.05, 0) is 37.6 Å². The largest absolute Gasteiger partial charge is 0.309 e. The van der Waals surface area contributed by atoms with Gasteiger partial charge >= 0.3 is 0 Å². The minimum Gasteiger partial charge on any atom is -0.309 e. The number of hydrogen-bond donors (Lipinski definition) is 1. The lowest BCUT2D eigenvalue weighted by Gasteiger charge is -2.15. The zero-order valence-electron chi connectivity index (χ0n) is 10.3. The van der Waals surface area contributed by atoms with Gasteiger partial charge in [-0.1, -0.05) is 11.6 Å². The highest BCUT2D eigenvalue weighted by Crippen LogP contribution is 2.28. The highest BCUT2D eigenvalue weighted by Gasteiger charge is 2.21. The second kappa shape index (κ2) is 5.04. The summed E-state index contributed by atoms with van der Waals surface area (Å²) in [5, 5.41) is 12.9. The summed E-state index contributed by atoms with van der Waals surface area (Å²) >= 11 is 6.26. The standard InChI is InChI=1S/C14H13ClN4/c15-11-6-10(7-16)3-4-13(11)19-9-17-8-14(19)12-2-1-5-18-12/h3-4,6,8-9,12,18H,1-2,5H2/t12-/m0/s1. The van der Waals surface area contributed by atoms with Gasteiger partial charge in [-0.3, -0.25) is 0 Å². The molecular weight excluding hydrogens is 260 g/mol. The summed E-state index contributed by atoms with van der Waals surface area (Å²) in [7, 11) is 0. The minimum atomic E-state index is 0.328. The molecule has 19 heavy (non-hydrogen) atoms. The quantitative estimate of drug-likeness (QED) is 0.915. The van der Waals surface area contributed by atoms with Crippen molar-refractivity contribution in [1.82, 2.24) is 14.9 Å². The molecule has 0 bridgehead atoms. The van der Waals surface area contributed by atoms with E-state index < -0.39 is 0 Å². The van der Waals surface area contributed by atoms with Gasteiger partial charge in [0.05, 0.1) is 40.6 Å². The van der Waals surface area contributed by atoms with Crippen LogP contribution in [0.15, 0.2) is 30.7 Å². The molecular formula is C14H13ClN4. The van der Waals surface area contributed by atoms with E-state index in [2.05, 4.69) is 16.4 Å². The molecule has 0 unspecified atom stereocenters. The maximum atomic E-state index is 8.87. The molecule has 1 N–H and O–H groups in total. The van der Waals surface area contributed by atoms with E-state index in [1.165, 1.54) is 6.42 Å². The van der Waals surface area contributed by atoms with Crippen molar-refractivity contribution >= 4 is 11.6 Å². The Labute approximate surface area is 116 Å². The fraction of sp³-hybridized carbons (Fsp3) is 0.286. The van der Waals surface area contributed by atoms with Crippen LogP contribution in [0.25, 0.3) is 5.69 Å². The molecule has 1 aromatic carbocycles. The van der Waals surface area contributed by atoms with Gasteiger partial charge in [0.15, 0.2) is 0 Å². The molecule has 5 heteroatoms. The van der Waals surface area contributed by atoms with Crippen LogP contribution >= 0.6 is 11.6 Å². The normalized spacial score (nSPS) is 18.4. The highest BCUT2D eigenvalue weighted by atomic mass is 35.5. The predicted octanol–water partition coefficient (Wildman–Crippen LogP) is 2.82. The molecule has 1 aromatic heterocycles. The van der Waals surface area contributed by atoms with E-state index in [-0.39, 0.29) is 0 Å². The summed E-state index contributed by atoms with van der Waals surface area (Å²) in [6, 6.07) is 7.73. The summed E-state index contributed by atoms with van der Waals surface area (Å²) in [5.74, 6) is 0. The van der Waals surface area contributed by atoms with E-state index >= 15 is 0 Å². The van der Waals surface area contributed by atoms with Crippen LogP contribution in [0.3, 0.4) is 0 Å². The van der Waals surface area contributed by atoms with Crippen molar-refractivity contribution in [3.63, 3.8) is 0 Å². The van der Waals surface area contributed by atoms with Crippen molar-refractivity contribution in [2.24, 2.45) is 0 Å². The number of imidazole rings is 1. The van der Waals surface area contributed by atoms with Crippen molar-refractivity contribution in [2.45, 2.75) is 18.9 Å². The molecule has 3 rings (SSSR count). The van der Waals surface area contributed by atoms with E-state index in [1.807, 2.05) is 16.8 Å². The fourth-order valence-electron chi connectivity index (χ4n) is 2.47. The molecule has 96 valence electrons. The lowest BCUT2D eigenvalue weighted by Crippen LogP contribution is -2.16. The molecule has 0 spiro atoms. The van der Waals surface area contributed by atoms with Crippen LogP contribution in [0.1, 0.15) is 30.1 Å². The van der Waals surface area contributed by atoms with Gasteiger partial charge in [0, 0.05) is 6.04 Å².